The molecule has 1 saturated heterocycles. The molecule has 128 valence electrons. The number of aromatic nitrogens is 2. The highest BCUT2D eigenvalue weighted by molar-refractivity contribution is 5.34. The van der Waals surface area contributed by atoms with Crippen molar-refractivity contribution in [2.24, 2.45) is 0 Å². The predicted molar refractivity (Wildman–Crippen MR) is 86.4 cm³/mol. The summed E-state index contributed by atoms with van der Waals surface area (Å²) in [6.07, 6.45) is 3.94. The van der Waals surface area contributed by atoms with E-state index in [2.05, 4.69) is 34.5 Å². The molecule has 1 aromatic heterocycles. The smallest absolute Gasteiger partial charge is 0.318 e. The first-order valence-electron chi connectivity index (χ1n) is 8.68. The van der Waals surface area contributed by atoms with Gasteiger partial charge in [0, 0.05) is 12.6 Å². The van der Waals surface area contributed by atoms with Gasteiger partial charge >= 0.3 is 12.4 Å². The number of hydrogen-bond donors (Lipinski definition) is 0. The van der Waals surface area contributed by atoms with Gasteiger partial charge in [-0.05, 0) is 55.6 Å². The van der Waals surface area contributed by atoms with Gasteiger partial charge in [0.25, 0.3) is 5.89 Å². The fourth-order valence-electron chi connectivity index (χ4n) is 4.19. The molecule has 0 N–H and O–H groups in total. The Kier molecular flexibility index (Phi) is 4.21. The zero-order chi connectivity index (χ0) is 16.5. The first-order valence-corrected chi connectivity index (χ1v) is 8.68. The lowest BCUT2D eigenvalue weighted by molar-refractivity contribution is 0.115. The molecule has 2 heterocycles. The van der Waals surface area contributed by atoms with Crippen LogP contribution in [0.3, 0.4) is 0 Å². The van der Waals surface area contributed by atoms with Gasteiger partial charge in [0.2, 0.25) is 0 Å². The molecule has 6 heteroatoms. The molecule has 1 aliphatic carbocycles. The van der Waals surface area contributed by atoms with Gasteiger partial charge in [-0.25, -0.2) is 0 Å². The molecule has 2 aliphatic rings. The van der Waals surface area contributed by atoms with E-state index in [0.717, 1.165) is 32.2 Å². The van der Waals surface area contributed by atoms with E-state index in [1.807, 2.05) is 4.90 Å². The topological polar surface area (TPSA) is 42.2 Å². The first-order chi connectivity index (χ1) is 11.7. The number of halogens is 2. The normalized spacial score (nSPS) is 23.7. The minimum Gasteiger partial charge on any atom is -0.402 e. The summed E-state index contributed by atoms with van der Waals surface area (Å²) >= 11 is 0. The van der Waals surface area contributed by atoms with E-state index in [4.69, 9.17) is 4.42 Å². The number of nitrogens with zero attached hydrogens (tertiary/aromatic N) is 3. The van der Waals surface area contributed by atoms with Crippen molar-refractivity contribution in [1.82, 2.24) is 10.2 Å². The molecule has 0 bridgehead atoms. The van der Waals surface area contributed by atoms with Crippen LogP contribution < -0.4 is 4.90 Å². The van der Waals surface area contributed by atoms with Crippen LogP contribution in [0.15, 0.2) is 28.7 Å². The van der Waals surface area contributed by atoms with Crippen LogP contribution in [0.4, 0.5) is 14.8 Å². The van der Waals surface area contributed by atoms with E-state index < -0.39 is 12.3 Å². The van der Waals surface area contributed by atoms with E-state index in [-0.39, 0.29) is 12.1 Å². The molecule has 0 radical (unpaired) electrons. The first kappa shape index (κ1) is 15.5. The molecule has 24 heavy (non-hydrogen) atoms. The highest BCUT2D eigenvalue weighted by atomic mass is 19.3. The van der Waals surface area contributed by atoms with E-state index in [1.54, 1.807) is 0 Å². The lowest BCUT2D eigenvalue weighted by Gasteiger charge is -2.30. The van der Waals surface area contributed by atoms with Crippen molar-refractivity contribution < 1.29 is 13.2 Å². The summed E-state index contributed by atoms with van der Waals surface area (Å²) in [5.74, 6) is -0.0586. The lowest BCUT2D eigenvalue weighted by Crippen LogP contribution is -2.31. The maximum atomic E-state index is 12.7. The van der Waals surface area contributed by atoms with Crippen LogP contribution in [-0.4, -0.2) is 22.8 Å². The molecule has 0 amide bonds. The number of anilines is 1. The number of benzene rings is 1. The quantitative estimate of drug-likeness (QED) is 0.827. The van der Waals surface area contributed by atoms with Crippen molar-refractivity contribution in [3.8, 4) is 0 Å². The molecule has 2 unspecified atom stereocenters. The molecule has 0 saturated carbocycles. The lowest BCUT2D eigenvalue weighted by atomic mass is 9.79. The highest BCUT2D eigenvalue weighted by Gasteiger charge is 2.33. The maximum absolute atomic E-state index is 12.7. The van der Waals surface area contributed by atoms with Gasteiger partial charge in [-0.2, -0.15) is 8.78 Å². The fourth-order valence-corrected chi connectivity index (χ4v) is 4.19. The molecular formula is C18H21F2N3O. The van der Waals surface area contributed by atoms with Gasteiger partial charge in [0.05, 0.1) is 0 Å². The van der Waals surface area contributed by atoms with Gasteiger partial charge in [-0.3, -0.25) is 0 Å². The van der Waals surface area contributed by atoms with Crippen molar-refractivity contribution in [3.63, 3.8) is 0 Å². The van der Waals surface area contributed by atoms with Crippen molar-refractivity contribution >= 4 is 6.01 Å². The number of aryl methyl sites for hydroxylation is 1. The van der Waals surface area contributed by atoms with E-state index in [1.165, 1.54) is 24.0 Å². The van der Waals surface area contributed by atoms with Crippen LogP contribution in [0.1, 0.15) is 61.5 Å². The molecule has 2 aromatic rings. The SMILES string of the molecule is FC(F)c1nnc(N2CCCC2CC2CCCc3ccccc32)o1. The standard InChI is InChI=1S/C18H21F2N3O/c19-16(20)17-21-22-18(24-17)23-10-4-8-14(23)11-13-7-3-6-12-5-1-2-9-15(12)13/h1-2,5,9,13-14,16H,3-4,6-8,10-11H2. The third kappa shape index (κ3) is 2.89. The highest BCUT2D eigenvalue weighted by Crippen LogP contribution is 2.38. The van der Waals surface area contributed by atoms with Gasteiger partial charge in [0.15, 0.2) is 0 Å². The Morgan fingerprint density at radius 2 is 2.04 bits per heavy atom. The van der Waals surface area contributed by atoms with E-state index in [0.29, 0.717) is 5.92 Å². The maximum Gasteiger partial charge on any atom is 0.318 e. The molecule has 2 atom stereocenters. The summed E-state index contributed by atoms with van der Waals surface area (Å²) in [5.41, 5.74) is 2.91. The Balaban J connectivity index is 1.52. The van der Waals surface area contributed by atoms with Crippen molar-refractivity contribution in [2.45, 2.75) is 56.9 Å². The average molecular weight is 333 g/mol. The Morgan fingerprint density at radius 3 is 2.88 bits per heavy atom. The largest absolute Gasteiger partial charge is 0.402 e. The third-order valence-electron chi connectivity index (χ3n) is 5.29. The molecule has 1 aliphatic heterocycles. The molecule has 4 nitrogen and oxygen atoms in total. The second kappa shape index (κ2) is 6.49. The summed E-state index contributed by atoms with van der Waals surface area (Å²) in [4.78, 5) is 2.02. The van der Waals surface area contributed by atoms with Gasteiger partial charge in [0.1, 0.15) is 0 Å². The molecule has 4 rings (SSSR count). The minimum atomic E-state index is -2.71. The molecular weight excluding hydrogens is 312 g/mol. The van der Waals surface area contributed by atoms with Gasteiger partial charge in [-0.15, -0.1) is 5.10 Å². The van der Waals surface area contributed by atoms with Crippen LogP contribution in [0.5, 0.6) is 0 Å². The van der Waals surface area contributed by atoms with E-state index in [9.17, 15) is 8.78 Å². The molecule has 1 aromatic carbocycles. The number of alkyl halides is 2. The van der Waals surface area contributed by atoms with Gasteiger partial charge < -0.3 is 9.32 Å². The summed E-state index contributed by atoms with van der Waals surface area (Å²) < 4.78 is 30.5. The van der Waals surface area contributed by atoms with Crippen LogP contribution in [0, 0.1) is 0 Å². The summed E-state index contributed by atoms with van der Waals surface area (Å²) in [6.45, 7) is 0.796. The minimum absolute atomic E-state index is 0.247. The Labute approximate surface area is 139 Å². The summed E-state index contributed by atoms with van der Waals surface area (Å²) in [5, 5.41) is 7.31. The van der Waals surface area contributed by atoms with Crippen LogP contribution in [-0.2, 0) is 6.42 Å². The Bertz CT molecular complexity index is 703. The van der Waals surface area contributed by atoms with Crippen LogP contribution in [0.25, 0.3) is 0 Å². The molecule has 1 fully saturated rings. The van der Waals surface area contributed by atoms with Crippen LogP contribution >= 0.6 is 0 Å². The predicted octanol–water partition coefficient (Wildman–Crippen LogP) is 4.49. The zero-order valence-electron chi connectivity index (χ0n) is 13.5. The number of hydrogen-bond acceptors (Lipinski definition) is 4. The zero-order valence-corrected chi connectivity index (χ0v) is 13.5. The Hall–Kier alpha value is -1.98. The van der Waals surface area contributed by atoms with Gasteiger partial charge in [-0.1, -0.05) is 29.4 Å². The third-order valence-corrected chi connectivity index (χ3v) is 5.29. The second-order valence-corrected chi connectivity index (χ2v) is 6.74. The second-order valence-electron chi connectivity index (χ2n) is 6.74. The number of rotatable bonds is 4. The van der Waals surface area contributed by atoms with Crippen LogP contribution in [0.2, 0.25) is 0 Å². The number of fused-ring (bicyclic) bond motifs is 1. The molecule has 0 spiro atoms. The Morgan fingerprint density at radius 1 is 1.17 bits per heavy atom. The monoisotopic (exact) mass is 333 g/mol. The van der Waals surface area contributed by atoms with Crippen molar-refractivity contribution in [1.29, 1.82) is 0 Å². The fraction of sp³-hybridized carbons (Fsp3) is 0.556. The van der Waals surface area contributed by atoms with E-state index >= 15 is 0 Å². The van der Waals surface area contributed by atoms with Crippen molar-refractivity contribution in [2.75, 3.05) is 11.4 Å². The summed E-state index contributed by atoms with van der Waals surface area (Å²) in [7, 11) is 0. The van der Waals surface area contributed by atoms with Crippen molar-refractivity contribution in [3.05, 3.63) is 41.3 Å². The average Bonchev–Trinajstić information content (AvgIpc) is 3.24. The summed E-state index contributed by atoms with van der Waals surface area (Å²) in [6, 6.07) is 9.20.